The minimum absolute atomic E-state index is 0.105. The van der Waals surface area contributed by atoms with Crippen molar-refractivity contribution in [2.75, 3.05) is 30.8 Å². The molecule has 24 heavy (non-hydrogen) atoms. The van der Waals surface area contributed by atoms with Gasteiger partial charge in [0, 0.05) is 24.0 Å². The van der Waals surface area contributed by atoms with E-state index in [0.717, 1.165) is 18.7 Å². The summed E-state index contributed by atoms with van der Waals surface area (Å²) < 4.78 is 37.8. The molecule has 0 atom stereocenters. The standard InChI is InChI=1S/C17H22N2O4S/c1-4-11-18-13-5-7-14(8-6-13)19-24(20,21)15-9-10-16(22-2)17(12-15)23-3/h5-10,12,18-19H,4,11H2,1-3H3. The Morgan fingerprint density at radius 3 is 2.12 bits per heavy atom. The van der Waals surface area contributed by atoms with Crippen LogP contribution in [-0.2, 0) is 10.0 Å². The van der Waals surface area contributed by atoms with E-state index in [4.69, 9.17) is 9.47 Å². The first kappa shape index (κ1) is 17.9. The second-order valence-corrected chi connectivity index (χ2v) is 6.81. The van der Waals surface area contributed by atoms with Crippen molar-refractivity contribution in [2.24, 2.45) is 0 Å². The molecule has 2 aromatic carbocycles. The average molecular weight is 350 g/mol. The highest BCUT2D eigenvalue weighted by molar-refractivity contribution is 7.92. The zero-order chi connectivity index (χ0) is 17.6. The second-order valence-electron chi connectivity index (χ2n) is 5.13. The number of ether oxygens (including phenoxy) is 2. The summed E-state index contributed by atoms with van der Waals surface area (Å²) in [5.74, 6) is 0.835. The van der Waals surface area contributed by atoms with Gasteiger partial charge in [0.25, 0.3) is 10.0 Å². The largest absolute Gasteiger partial charge is 0.493 e. The Hall–Kier alpha value is -2.41. The van der Waals surface area contributed by atoms with Crippen LogP contribution in [0.2, 0.25) is 0 Å². The van der Waals surface area contributed by atoms with Crippen molar-refractivity contribution in [3.63, 3.8) is 0 Å². The smallest absolute Gasteiger partial charge is 0.262 e. The summed E-state index contributed by atoms with van der Waals surface area (Å²) in [6.45, 7) is 2.95. The topological polar surface area (TPSA) is 76.7 Å². The molecule has 0 saturated heterocycles. The molecule has 0 bridgehead atoms. The molecule has 0 heterocycles. The number of hydrogen-bond donors (Lipinski definition) is 2. The molecule has 2 rings (SSSR count). The van der Waals surface area contributed by atoms with E-state index in [1.807, 2.05) is 12.1 Å². The van der Waals surface area contributed by atoms with E-state index in [1.165, 1.54) is 26.4 Å². The molecule has 0 unspecified atom stereocenters. The van der Waals surface area contributed by atoms with Gasteiger partial charge in [-0.1, -0.05) is 6.92 Å². The first-order valence-electron chi connectivity index (χ1n) is 7.59. The lowest BCUT2D eigenvalue weighted by atomic mass is 10.3. The predicted molar refractivity (Wildman–Crippen MR) is 95.6 cm³/mol. The van der Waals surface area contributed by atoms with Gasteiger partial charge in [-0.2, -0.15) is 0 Å². The van der Waals surface area contributed by atoms with E-state index < -0.39 is 10.0 Å². The third kappa shape index (κ3) is 4.32. The summed E-state index contributed by atoms with van der Waals surface area (Å²) in [4.78, 5) is 0.105. The van der Waals surface area contributed by atoms with E-state index in [2.05, 4.69) is 17.0 Å². The second kappa shape index (κ2) is 7.92. The van der Waals surface area contributed by atoms with Crippen molar-refractivity contribution in [3.8, 4) is 11.5 Å². The van der Waals surface area contributed by atoms with Crippen LogP contribution in [0.4, 0.5) is 11.4 Å². The molecule has 0 aromatic heterocycles. The van der Waals surface area contributed by atoms with Crippen LogP contribution in [0.15, 0.2) is 47.4 Å². The predicted octanol–water partition coefficient (Wildman–Crippen LogP) is 3.33. The van der Waals surface area contributed by atoms with Gasteiger partial charge in [0.2, 0.25) is 0 Å². The van der Waals surface area contributed by atoms with Crippen LogP contribution in [0.5, 0.6) is 11.5 Å². The van der Waals surface area contributed by atoms with Gasteiger partial charge in [-0.05, 0) is 42.8 Å². The number of sulfonamides is 1. The molecule has 0 radical (unpaired) electrons. The molecule has 0 amide bonds. The molecule has 0 fully saturated rings. The molecule has 0 aliphatic rings. The highest BCUT2D eigenvalue weighted by atomic mass is 32.2. The molecule has 7 heteroatoms. The van der Waals surface area contributed by atoms with Gasteiger partial charge in [-0.25, -0.2) is 8.42 Å². The molecular weight excluding hydrogens is 328 g/mol. The van der Waals surface area contributed by atoms with Gasteiger partial charge in [0.1, 0.15) is 0 Å². The van der Waals surface area contributed by atoms with Crippen molar-refractivity contribution in [1.29, 1.82) is 0 Å². The maximum Gasteiger partial charge on any atom is 0.262 e. The van der Waals surface area contributed by atoms with Crippen LogP contribution in [-0.4, -0.2) is 29.2 Å². The molecule has 0 aliphatic carbocycles. The minimum Gasteiger partial charge on any atom is -0.493 e. The summed E-state index contributed by atoms with van der Waals surface area (Å²) in [5, 5.41) is 3.24. The summed E-state index contributed by atoms with van der Waals surface area (Å²) in [6.07, 6.45) is 1.02. The van der Waals surface area contributed by atoms with Gasteiger partial charge in [-0.15, -0.1) is 0 Å². The van der Waals surface area contributed by atoms with Crippen molar-refractivity contribution >= 4 is 21.4 Å². The summed E-state index contributed by atoms with van der Waals surface area (Å²) >= 11 is 0. The lowest BCUT2D eigenvalue weighted by Crippen LogP contribution is -2.13. The van der Waals surface area contributed by atoms with E-state index in [1.54, 1.807) is 18.2 Å². The zero-order valence-corrected chi connectivity index (χ0v) is 14.8. The maximum atomic E-state index is 12.5. The first-order valence-corrected chi connectivity index (χ1v) is 9.07. The van der Waals surface area contributed by atoms with Crippen LogP contribution >= 0.6 is 0 Å². The fraction of sp³-hybridized carbons (Fsp3) is 0.294. The number of benzene rings is 2. The average Bonchev–Trinajstić information content (AvgIpc) is 2.60. The molecule has 2 N–H and O–H groups in total. The zero-order valence-electron chi connectivity index (χ0n) is 14.0. The van der Waals surface area contributed by atoms with Gasteiger partial charge in [0.05, 0.1) is 19.1 Å². The Kier molecular flexibility index (Phi) is 5.92. The lowest BCUT2D eigenvalue weighted by Gasteiger charge is -2.12. The Morgan fingerprint density at radius 2 is 1.54 bits per heavy atom. The Balaban J connectivity index is 2.19. The number of rotatable bonds is 8. The highest BCUT2D eigenvalue weighted by Gasteiger charge is 2.17. The van der Waals surface area contributed by atoms with E-state index in [9.17, 15) is 8.42 Å². The molecule has 0 aliphatic heterocycles. The Morgan fingerprint density at radius 1 is 0.917 bits per heavy atom. The van der Waals surface area contributed by atoms with Gasteiger partial charge in [-0.3, -0.25) is 4.72 Å². The summed E-state index contributed by atoms with van der Waals surface area (Å²) in [7, 11) is -0.746. The van der Waals surface area contributed by atoms with E-state index >= 15 is 0 Å². The fourth-order valence-corrected chi connectivity index (χ4v) is 3.20. The molecule has 0 saturated carbocycles. The Labute approximate surface area is 142 Å². The van der Waals surface area contributed by atoms with Crippen molar-refractivity contribution in [2.45, 2.75) is 18.2 Å². The monoisotopic (exact) mass is 350 g/mol. The van der Waals surface area contributed by atoms with Crippen LogP contribution in [0.25, 0.3) is 0 Å². The minimum atomic E-state index is -3.71. The molecular formula is C17H22N2O4S. The van der Waals surface area contributed by atoms with Crippen molar-refractivity contribution in [3.05, 3.63) is 42.5 Å². The van der Waals surface area contributed by atoms with Crippen molar-refractivity contribution < 1.29 is 17.9 Å². The first-order chi connectivity index (χ1) is 11.5. The van der Waals surface area contributed by atoms with E-state index in [0.29, 0.717) is 17.2 Å². The number of anilines is 2. The molecule has 0 spiro atoms. The van der Waals surface area contributed by atoms with Crippen LogP contribution in [0, 0.1) is 0 Å². The fourth-order valence-electron chi connectivity index (χ4n) is 2.12. The number of hydrogen-bond acceptors (Lipinski definition) is 5. The lowest BCUT2D eigenvalue weighted by molar-refractivity contribution is 0.354. The quantitative estimate of drug-likeness (QED) is 0.764. The highest BCUT2D eigenvalue weighted by Crippen LogP contribution is 2.30. The number of nitrogens with one attached hydrogen (secondary N) is 2. The maximum absolute atomic E-state index is 12.5. The third-order valence-electron chi connectivity index (χ3n) is 3.38. The number of methoxy groups -OCH3 is 2. The normalized spacial score (nSPS) is 11.0. The molecule has 2 aromatic rings. The summed E-state index contributed by atoms with van der Waals surface area (Å²) in [6, 6.07) is 11.6. The Bertz CT molecular complexity index is 774. The van der Waals surface area contributed by atoms with Crippen LogP contribution < -0.4 is 19.5 Å². The van der Waals surface area contributed by atoms with Crippen molar-refractivity contribution in [1.82, 2.24) is 0 Å². The van der Waals surface area contributed by atoms with Crippen LogP contribution in [0.3, 0.4) is 0 Å². The van der Waals surface area contributed by atoms with Gasteiger partial charge in [0.15, 0.2) is 11.5 Å². The summed E-state index contributed by atoms with van der Waals surface area (Å²) in [5.41, 5.74) is 1.44. The van der Waals surface area contributed by atoms with Gasteiger partial charge < -0.3 is 14.8 Å². The van der Waals surface area contributed by atoms with Gasteiger partial charge >= 0.3 is 0 Å². The van der Waals surface area contributed by atoms with E-state index in [-0.39, 0.29) is 4.90 Å². The third-order valence-corrected chi connectivity index (χ3v) is 4.76. The molecule has 130 valence electrons. The molecule has 6 nitrogen and oxygen atoms in total. The van der Waals surface area contributed by atoms with Crippen LogP contribution in [0.1, 0.15) is 13.3 Å². The SMILES string of the molecule is CCCNc1ccc(NS(=O)(=O)c2ccc(OC)c(OC)c2)cc1.